The molecular weight excluding hydrogens is 313 g/mol. The summed E-state index contributed by atoms with van der Waals surface area (Å²) in [5, 5.41) is 4.78. The van der Waals surface area contributed by atoms with E-state index in [1.165, 1.54) is 0 Å². The highest BCUT2D eigenvalue weighted by Gasteiger charge is 2.15. The summed E-state index contributed by atoms with van der Waals surface area (Å²) in [6.07, 6.45) is 2.32. The minimum absolute atomic E-state index is 0.133. The van der Waals surface area contributed by atoms with E-state index in [1.54, 1.807) is 34.6 Å². The average Bonchev–Trinajstić information content (AvgIpc) is 3.00. The zero-order chi connectivity index (χ0) is 15.1. The molecule has 0 bridgehead atoms. The largest absolute Gasteiger partial charge is 0.364 e. The zero-order valence-corrected chi connectivity index (χ0v) is 13.1. The number of benzene rings is 1. The number of rotatable bonds is 3. The predicted octanol–water partition coefficient (Wildman–Crippen LogP) is 3.25. The average molecular weight is 326 g/mol. The fourth-order valence-electron chi connectivity index (χ4n) is 2.42. The van der Waals surface area contributed by atoms with Gasteiger partial charge in [0.05, 0.1) is 33.3 Å². The fraction of sp³-hybridized carbons (Fsp3) is 0.286. The minimum atomic E-state index is -0.133. The molecule has 0 spiro atoms. The molecule has 0 saturated heterocycles. The Morgan fingerprint density at radius 1 is 1.24 bits per heavy atom. The molecule has 0 aliphatic carbocycles. The summed E-state index contributed by atoms with van der Waals surface area (Å²) in [7, 11) is 1.71. The molecule has 0 aliphatic heterocycles. The molecule has 21 heavy (non-hydrogen) atoms. The number of halogens is 2. The zero-order valence-electron chi connectivity index (χ0n) is 11.6. The van der Waals surface area contributed by atoms with Gasteiger partial charge in [0, 0.05) is 12.6 Å². The van der Waals surface area contributed by atoms with Crippen molar-refractivity contribution in [3.63, 3.8) is 0 Å². The lowest BCUT2D eigenvalue weighted by molar-refractivity contribution is 0.412. The SMILES string of the molecule is CCc1nocc1Cn1c(=O)n(C)c2cc(Cl)c(Cl)cc21. The Kier molecular flexibility index (Phi) is 3.55. The summed E-state index contributed by atoms with van der Waals surface area (Å²) in [6, 6.07) is 3.41. The summed E-state index contributed by atoms with van der Waals surface area (Å²) in [4.78, 5) is 12.4. The molecule has 3 rings (SSSR count). The van der Waals surface area contributed by atoms with Crippen LogP contribution in [0, 0.1) is 0 Å². The van der Waals surface area contributed by atoms with Crippen LogP contribution in [0.1, 0.15) is 18.2 Å². The second-order valence-corrected chi connectivity index (χ2v) is 5.64. The molecule has 0 unspecified atom stereocenters. The van der Waals surface area contributed by atoms with E-state index in [-0.39, 0.29) is 5.69 Å². The van der Waals surface area contributed by atoms with Crippen molar-refractivity contribution >= 4 is 34.2 Å². The van der Waals surface area contributed by atoms with Crippen LogP contribution in [0.25, 0.3) is 11.0 Å². The highest BCUT2D eigenvalue weighted by molar-refractivity contribution is 6.42. The molecule has 0 aliphatic rings. The standard InChI is InChI=1S/C14H13Cl2N3O2/c1-3-11-8(7-21-17-11)6-19-13-5-10(16)9(15)4-12(13)18(2)14(19)20/h4-5,7H,3,6H2,1-2H3. The van der Waals surface area contributed by atoms with Gasteiger partial charge in [0.1, 0.15) is 6.26 Å². The van der Waals surface area contributed by atoms with Gasteiger partial charge in [-0.15, -0.1) is 0 Å². The summed E-state index contributed by atoms with van der Waals surface area (Å²) in [5.41, 5.74) is 3.08. The Labute approximate surface area is 130 Å². The lowest BCUT2D eigenvalue weighted by Gasteiger charge is -2.03. The number of aryl methyl sites for hydroxylation is 2. The van der Waals surface area contributed by atoms with Gasteiger partial charge in [-0.3, -0.25) is 9.13 Å². The first-order valence-electron chi connectivity index (χ1n) is 6.49. The number of fused-ring (bicyclic) bond motifs is 1. The molecule has 0 N–H and O–H groups in total. The maximum absolute atomic E-state index is 12.4. The van der Waals surface area contributed by atoms with Gasteiger partial charge in [-0.25, -0.2) is 4.79 Å². The van der Waals surface area contributed by atoms with Gasteiger partial charge in [0.2, 0.25) is 0 Å². The quantitative estimate of drug-likeness (QED) is 0.742. The van der Waals surface area contributed by atoms with Crippen LogP contribution < -0.4 is 5.69 Å². The smallest absolute Gasteiger partial charge is 0.329 e. The van der Waals surface area contributed by atoms with Crippen molar-refractivity contribution in [1.82, 2.24) is 14.3 Å². The van der Waals surface area contributed by atoms with E-state index < -0.39 is 0 Å². The van der Waals surface area contributed by atoms with Crippen molar-refractivity contribution in [1.29, 1.82) is 0 Å². The van der Waals surface area contributed by atoms with Gasteiger partial charge in [0.25, 0.3) is 0 Å². The predicted molar refractivity (Wildman–Crippen MR) is 82.2 cm³/mol. The molecule has 3 aromatic rings. The molecule has 0 amide bonds. The summed E-state index contributed by atoms with van der Waals surface area (Å²) >= 11 is 12.1. The lowest BCUT2D eigenvalue weighted by Crippen LogP contribution is -2.22. The first-order valence-corrected chi connectivity index (χ1v) is 7.25. The van der Waals surface area contributed by atoms with Crippen LogP contribution in [0.4, 0.5) is 0 Å². The third-order valence-corrected chi connectivity index (χ3v) is 4.30. The first kappa shape index (κ1) is 14.2. The van der Waals surface area contributed by atoms with E-state index in [4.69, 9.17) is 27.7 Å². The Hall–Kier alpha value is -1.72. The third-order valence-electron chi connectivity index (χ3n) is 3.58. The maximum atomic E-state index is 12.4. The summed E-state index contributed by atoms with van der Waals surface area (Å²) in [6.45, 7) is 2.38. The van der Waals surface area contributed by atoms with E-state index in [1.807, 2.05) is 6.92 Å². The van der Waals surface area contributed by atoms with Gasteiger partial charge in [-0.05, 0) is 18.6 Å². The maximum Gasteiger partial charge on any atom is 0.329 e. The monoisotopic (exact) mass is 325 g/mol. The fourth-order valence-corrected chi connectivity index (χ4v) is 2.74. The molecular formula is C14H13Cl2N3O2. The van der Waals surface area contributed by atoms with Crippen LogP contribution in [-0.4, -0.2) is 14.3 Å². The second kappa shape index (κ2) is 5.24. The molecule has 0 fully saturated rings. The molecule has 0 radical (unpaired) electrons. The summed E-state index contributed by atoms with van der Waals surface area (Å²) < 4.78 is 8.19. The van der Waals surface area contributed by atoms with Crippen molar-refractivity contribution < 1.29 is 4.52 Å². The van der Waals surface area contributed by atoms with E-state index in [0.29, 0.717) is 16.6 Å². The van der Waals surface area contributed by atoms with Crippen molar-refractivity contribution in [2.75, 3.05) is 0 Å². The topological polar surface area (TPSA) is 53.0 Å². The van der Waals surface area contributed by atoms with Crippen LogP contribution >= 0.6 is 23.2 Å². The molecule has 110 valence electrons. The van der Waals surface area contributed by atoms with E-state index in [2.05, 4.69) is 5.16 Å². The van der Waals surface area contributed by atoms with Crippen LogP contribution in [0.15, 0.2) is 27.7 Å². The number of nitrogens with zero attached hydrogens (tertiary/aromatic N) is 3. The van der Waals surface area contributed by atoms with Gasteiger partial charge in [-0.1, -0.05) is 35.3 Å². The Bertz CT molecular complexity index is 876. The van der Waals surface area contributed by atoms with Crippen molar-refractivity contribution in [3.05, 3.63) is 50.2 Å². The molecule has 2 aromatic heterocycles. The molecule has 5 nitrogen and oxygen atoms in total. The van der Waals surface area contributed by atoms with Crippen LogP contribution in [0.2, 0.25) is 10.0 Å². The third kappa shape index (κ3) is 2.26. The number of aromatic nitrogens is 3. The van der Waals surface area contributed by atoms with Gasteiger partial charge in [-0.2, -0.15) is 0 Å². The van der Waals surface area contributed by atoms with Gasteiger partial charge in [0.15, 0.2) is 0 Å². The van der Waals surface area contributed by atoms with Crippen LogP contribution in [0.3, 0.4) is 0 Å². The lowest BCUT2D eigenvalue weighted by atomic mass is 10.2. The second-order valence-electron chi connectivity index (χ2n) is 4.82. The van der Waals surface area contributed by atoms with Crippen LogP contribution in [0.5, 0.6) is 0 Å². The Morgan fingerprint density at radius 3 is 2.57 bits per heavy atom. The van der Waals surface area contributed by atoms with Crippen molar-refractivity contribution in [2.45, 2.75) is 19.9 Å². The highest BCUT2D eigenvalue weighted by Crippen LogP contribution is 2.27. The highest BCUT2D eigenvalue weighted by atomic mass is 35.5. The Morgan fingerprint density at radius 2 is 1.90 bits per heavy atom. The number of imidazole rings is 1. The molecule has 2 heterocycles. The molecule has 0 saturated carbocycles. The minimum Gasteiger partial charge on any atom is -0.364 e. The molecule has 0 atom stereocenters. The normalized spacial score (nSPS) is 11.4. The van der Waals surface area contributed by atoms with E-state index in [0.717, 1.165) is 28.7 Å². The molecule has 1 aromatic carbocycles. The van der Waals surface area contributed by atoms with Gasteiger partial charge < -0.3 is 4.52 Å². The van der Waals surface area contributed by atoms with Crippen LogP contribution in [-0.2, 0) is 20.0 Å². The molecule has 7 heteroatoms. The van der Waals surface area contributed by atoms with E-state index in [9.17, 15) is 4.79 Å². The van der Waals surface area contributed by atoms with Crippen molar-refractivity contribution in [2.24, 2.45) is 7.05 Å². The van der Waals surface area contributed by atoms with Gasteiger partial charge >= 0.3 is 5.69 Å². The summed E-state index contributed by atoms with van der Waals surface area (Å²) in [5.74, 6) is 0. The Balaban J connectivity index is 2.21. The first-order chi connectivity index (χ1) is 10.0. The van der Waals surface area contributed by atoms with Crippen molar-refractivity contribution in [3.8, 4) is 0 Å². The van der Waals surface area contributed by atoms with E-state index >= 15 is 0 Å². The number of hydrogen-bond acceptors (Lipinski definition) is 3. The number of hydrogen-bond donors (Lipinski definition) is 0.